The van der Waals surface area contributed by atoms with Gasteiger partial charge < -0.3 is 9.88 Å². The first-order chi connectivity index (χ1) is 9.06. The summed E-state index contributed by atoms with van der Waals surface area (Å²) in [6.07, 6.45) is 1.48. The van der Waals surface area contributed by atoms with Crippen LogP contribution in [0.2, 0.25) is 5.02 Å². The van der Waals surface area contributed by atoms with Crippen LogP contribution in [-0.2, 0) is 11.8 Å². The van der Waals surface area contributed by atoms with Crippen LogP contribution in [0.3, 0.4) is 0 Å². The van der Waals surface area contributed by atoms with Crippen LogP contribution < -0.4 is 5.32 Å². The Labute approximate surface area is 119 Å². The van der Waals surface area contributed by atoms with Crippen LogP contribution in [0.15, 0.2) is 23.5 Å². The second-order valence-corrected chi connectivity index (χ2v) is 5.17. The molecule has 2 heterocycles. The van der Waals surface area contributed by atoms with Crippen LogP contribution in [0.1, 0.15) is 5.82 Å². The van der Waals surface area contributed by atoms with E-state index in [2.05, 4.69) is 20.5 Å². The topological polar surface area (TPSA) is 72.7 Å². The molecule has 1 N–H and O–H groups in total. The van der Waals surface area contributed by atoms with Crippen molar-refractivity contribution in [3.8, 4) is 0 Å². The van der Waals surface area contributed by atoms with Crippen molar-refractivity contribution in [1.29, 1.82) is 0 Å². The highest BCUT2D eigenvalue weighted by molar-refractivity contribution is 7.99. The first kappa shape index (κ1) is 13.8. The maximum atomic E-state index is 11.7. The van der Waals surface area contributed by atoms with Crippen molar-refractivity contribution in [3.05, 3.63) is 29.2 Å². The van der Waals surface area contributed by atoms with Gasteiger partial charge in [0, 0.05) is 13.2 Å². The van der Waals surface area contributed by atoms with Crippen LogP contribution >= 0.6 is 23.4 Å². The summed E-state index contributed by atoms with van der Waals surface area (Å²) in [4.78, 5) is 15.7. The van der Waals surface area contributed by atoms with Crippen LogP contribution in [0.5, 0.6) is 0 Å². The first-order valence-corrected chi connectivity index (χ1v) is 6.83. The van der Waals surface area contributed by atoms with E-state index in [4.69, 9.17) is 11.6 Å². The van der Waals surface area contributed by atoms with Gasteiger partial charge in [-0.15, -0.1) is 10.2 Å². The molecule has 2 aromatic rings. The summed E-state index contributed by atoms with van der Waals surface area (Å²) in [7, 11) is 1.86. The number of amides is 1. The van der Waals surface area contributed by atoms with E-state index < -0.39 is 0 Å². The van der Waals surface area contributed by atoms with E-state index in [9.17, 15) is 4.79 Å². The molecule has 0 saturated carbocycles. The van der Waals surface area contributed by atoms with Gasteiger partial charge in [-0.05, 0) is 19.1 Å². The number of carbonyl (C=O) groups excluding carboxylic acids is 1. The van der Waals surface area contributed by atoms with Gasteiger partial charge in [0.15, 0.2) is 5.16 Å². The van der Waals surface area contributed by atoms with Crippen LogP contribution in [-0.4, -0.2) is 31.4 Å². The summed E-state index contributed by atoms with van der Waals surface area (Å²) in [5, 5.41) is 11.8. The van der Waals surface area contributed by atoms with Crippen LogP contribution in [0, 0.1) is 6.92 Å². The predicted molar refractivity (Wildman–Crippen MR) is 74.3 cm³/mol. The molecule has 0 bridgehead atoms. The van der Waals surface area contributed by atoms with Gasteiger partial charge in [-0.1, -0.05) is 23.4 Å². The second-order valence-electron chi connectivity index (χ2n) is 3.79. The monoisotopic (exact) mass is 297 g/mol. The number of nitrogens with one attached hydrogen (secondary N) is 1. The average molecular weight is 298 g/mol. The van der Waals surface area contributed by atoms with Gasteiger partial charge in [0.1, 0.15) is 11.6 Å². The Morgan fingerprint density at radius 3 is 2.84 bits per heavy atom. The van der Waals surface area contributed by atoms with Crippen molar-refractivity contribution in [1.82, 2.24) is 19.7 Å². The van der Waals surface area contributed by atoms with E-state index in [0.29, 0.717) is 16.0 Å². The smallest absolute Gasteiger partial charge is 0.236 e. The molecule has 2 rings (SSSR count). The van der Waals surface area contributed by atoms with E-state index in [1.54, 1.807) is 12.1 Å². The molecule has 0 aliphatic rings. The summed E-state index contributed by atoms with van der Waals surface area (Å²) in [6.45, 7) is 1.86. The van der Waals surface area contributed by atoms with Gasteiger partial charge in [-0.25, -0.2) is 4.98 Å². The minimum Gasteiger partial charge on any atom is -0.310 e. The van der Waals surface area contributed by atoms with E-state index in [1.807, 2.05) is 18.5 Å². The fourth-order valence-corrected chi connectivity index (χ4v) is 2.14. The molecule has 19 heavy (non-hydrogen) atoms. The molecule has 0 unspecified atom stereocenters. The lowest BCUT2D eigenvalue weighted by Crippen LogP contribution is -2.15. The third-order valence-electron chi connectivity index (χ3n) is 2.38. The Kier molecular flexibility index (Phi) is 4.39. The maximum absolute atomic E-state index is 11.7. The van der Waals surface area contributed by atoms with Crippen molar-refractivity contribution >= 4 is 35.1 Å². The highest BCUT2D eigenvalue weighted by atomic mass is 35.5. The normalized spacial score (nSPS) is 10.5. The Bertz CT molecular complexity index is 583. The quantitative estimate of drug-likeness (QED) is 0.873. The Hall–Kier alpha value is -1.60. The fourth-order valence-electron chi connectivity index (χ4n) is 1.27. The van der Waals surface area contributed by atoms with E-state index in [-0.39, 0.29) is 11.7 Å². The molecule has 8 heteroatoms. The van der Waals surface area contributed by atoms with Gasteiger partial charge in [0.25, 0.3) is 0 Å². The molecule has 0 aliphatic carbocycles. The molecule has 0 radical (unpaired) electrons. The molecule has 1 amide bonds. The number of halogens is 1. The van der Waals surface area contributed by atoms with Gasteiger partial charge in [-0.3, -0.25) is 4.79 Å². The minimum absolute atomic E-state index is 0.152. The number of thioether (sulfide) groups is 1. The van der Waals surface area contributed by atoms with Crippen molar-refractivity contribution in [3.63, 3.8) is 0 Å². The van der Waals surface area contributed by atoms with E-state index in [1.165, 1.54) is 18.0 Å². The third-order valence-corrected chi connectivity index (χ3v) is 3.62. The molecule has 2 aromatic heterocycles. The SMILES string of the molecule is Cc1nnc(SCC(=O)Nc2ccc(Cl)cn2)n1C. The summed E-state index contributed by atoms with van der Waals surface area (Å²) < 4.78 is 1.83. The molecular weight excluding hydrogens is 286 g/mol. The number of anilines is 1. The largest absolute Gasteiger partial charge is 0.310 e. The zero-order valence-corrected chi connectivity index (χ0v) is 12.0. The summed E-state index contributed by atoms with van der Waals surface area (Å²) in [5.74, 6) is 1.38. The van der Waals surface area contributed by atoms with Crippen LogP contribution in [0.4, 0.5) is 5.82 Å². The van der Waals surface area contributed by atoms with Crippen molar-refractivity contribution in [2.45, 2.75) is 12.1 Å². The Balaban J connectivity index is 1.88. The lowest BCUT2D eigenvalue weighted by Gasteiger charge is -2.04. The molecule has 100 valence electrons. The van der Waals surface area contributed by atoms with Gasteiger partial charge >= 0.3 is 0 Å². The first-order valence-electron chi connectivity index (χ1n) is 5.46. The number of pyridine rings is 1. The number of hydrogen-bond acceptors (Lipinski definition) is 5. The maximum Gasteiger partial charge on any atom is 0.236 e. The molecule has 0 aromatic carbocycles. The van der Waals surface area contributed by atoms with E-state index >= 15 is 0 Å². The van der Waals surface area contributed by atoms with Crippen molar-refractivity contribution in [2.24, 2.45) is 7.05 Å². The molecule has 0 aliphatic heterocycles. The van der Waals surface area contributed by atoms with Gasteiger partial charge in [-0.2, -0.15) is 0 Å². The fraction of sp³-hybridized carbons (Fsp3) is 0.273. The number of hydrogen-bond donors (Lipinski definition) is 1. The average Bonchev–Trinajstić information content (AvgIpc) is 2.70. The number of rotatable bonds is 4. The molecule has 0 atom stereocenters. The van der Waals surface area contributed by atoms with Crippen molar-refractivity contribution in [2.75, 3.05) is 11.1 Å². The number of nitrogens with zero attached hydrogens (tertiary/aromatic N) is 4. The van der Waals surface area contributed by atoms with Gasteiger partial charge in [0.2, 0.25) is 5.91 Å². The Morgan fingerprint density at radius 1 is 1.47 bits per heavy atom. The molecule has 0 spiro atoms. The highest BCUT2D eigenvalue weighted by Gasteiger charge is 2.09. The zero-order valence-electron chi connectivity index (χ0n) is 10.4. The van der Waals surface area contributed by atoms with Crippen LogP contribution in [0.25, 0.3) is 0 Å². The summed E-state index contributed by atoms with van der Waals surface area (Å²) in [5.41, 5.74) is 0. The molecule has 0 fully saturated rings. The van der Waals surface area contributed by atoms with E-state index in [0.717, 1.165) is 5.82 Å². The molecule has 0 saturated heterocycles. The molecular formula is C11H12ClN5OS. The minimum atomic E-state index is -0.152. The number of aromatic nitrogens is 4. The lowest BCUT2D eigenvalue weighted by molar-refractivity contribution is -0.113. The Morgan fingerprint density at radius 2 is 2.26 bits per heavy atom. The summed E-state index contributed by atoms with van der Waals surface area (Å²) in [6, 6.07) is 3.32. The molecule has 6 nitrogen and oxygen atoms in total. The number of carbonyl (C=O) groups is 1. The standard InChI is InChI=1S/C11H12ClN5OS/c1-7-15-16-11(17(7)2)19-6-10(18)14-9-4-3-8(12)5-13-9/h3-5H,6H2,1-2H3,(H,13,14,18). The zero-order chi connectivity index (χ0) is 13.8. The number of aryl methyl sites for hydroxylation is 1. The van der Waals surface area contributed by atoms with Crippen molar-refractivity contribution < 1.29 is 4.79 Å². The lowest BCUT2D eigenvalue weighted by atomic mass is 10.4. The second kappa shape index (κ2) is 6.03. The predicted octanol–water partition coefficient (Wildman–Crippen LogP) is 1.90. The summed E-state index contributed by atoms with van der Waals surface area (Å²) >= 11 is 7.03. The third kappa shape index (κ3) is 3.68. The highest BCUT2D eigenvalue weighted by Crippen LogP contribution is 2.16. The van der Waals surface area contributed by atoms with Gasteiger partial charge in [0.05, 0.1) is 10.8 Å².